The predicted molar refractivity (Wildman–Crippen MR) is 45.5 cm³/mol. The van der Waals surface area contributed by atoms with Crippen molar-refractivity contribution < 1.29 is 0 Å². The van der Waals surface area contributed by atoms with Crippen LogP contribution in [0.5, 0.6) is 0 Å². The van der Waals surface area contributed by atoms with Crippen molar-refractivity contribution in [3.05, 3.63) is 11.6 Å². The average molecular weight is 143 g/mol. The second-order valence-electron chi connectivity index (χ2n) is 2.04. The van der Waals surface area contributed by atoms with Gasteiger partial charge in [-0.05, 0) is 18.9 Å². The highest BCUT2D eigenvalue weighted by Gasteiger charge is 1.88. The summed E-state index contributed by atoms with van der Waals surface area (Å²) in [5.74, 6) is 0. The number of hydrogen-bond acceptors (Lipinski definition) is 1. The van der Waals surface area contributed by atoms with Crippen LogP contribution in [0.3, 0.4) is 0 Å². The Morgan fingerprint density at radius 2 is 2.22 bits per heavy atom. The van der Waals surface area contributed by atoms with Crippen LogP contribution < -0.4 is 5.73 Å². The van der Waals surface area contributed by atoms with Gasteiger partial charge < -0.3 is 5.73 Å². The summed E-state index contributed by atoms with van der Waals surface area (Å²) in [4.78, 5) is 0.517. The maximum Gasteiger partial charge on any atom is 0.0988 e. The smallest absolute Gasteiger partial charge is 0.0988 e. The quantitative estimate of drug-likeness (QED) is 0.483. The summed E-state index contributed by atoms with van der Waals surface area (Å²) in [6.45, 7) is 4.07. The predicted octanol–water partition coefficient (Wildman–Crippen LogP) is 2.02. The zero-order valence-corrected chi connectivity index (χ0v) is 6.79. The Hall–Kier alpha value is -0.370. The molecule has 0 aliphatic carbocycles. The summed E-state index contributed by atoms with van der Waals surface area (Å²) in [7, 11) is 0. The van der Waals surface area contributed by atoms with Crippen LogP contribution >= 0.6 is 12.2 Å². The highest BCUT2D eigenvalue weighted by molar-refractivity contribution is 7.80. The fraction of sp³-hybridized carbons (Fsp3) is 0.571. The molecule has 0 saturated carbocycles. The summed E-state index contributed by atoms with van der Waals surface area (Å²) in [5, 5.41) is 0. The zero-order valence-electron chi connectivity index (χ0n) is 5.98. The summed E-state index contributed by atoms with van der Waals surface area (Å²) in [6.07, 6.45) is 4.30. The Kier molecular flexibility index (Phi) is 4.32. The van der Waals surface area contributed by atoms with Crippen LogP contribution in [0.2, 0.25) is 0 Å². The lowest BCUT2D eigenvalue weighted by atomic mass is 10.2. The van der Waals surface area contributed by atoms with E-state index in [0.29, 0.717) is 4.99 Å². The Bertz CT molecular complexity index is 127. The number of allylic oxidation sites excluding steroid dienone is 1. The molecule has 0 unspecified atom stereocenters. The van der Waals surface area contributed by atoms with E-state index in [1.807, 2.05) is 6.92 Å². The molecule has 9 heavy (non-hydrogen) atoms. The summed E-state index contributed by atoms with van der Waals surface area (Å²) >= 11 is 4.74. The van der Waals surface area contributed by atoms with Crippen molar-refractivity contribution >= 4 is 17.2 Å². The minimum Gasteiger partial charge on any atom is -0.390 e. The third-order valence-electron chi connectivity index (χ3n) is 1.13. The van der Waals surface area contributed by atoms with E-state index in [1.54, 1.807) is 0 Å². The van der Waals surface area contributed by atoms with E-state index in [-0.39, 0.29) is 0 Å². The van der Waals surface area contributed by atoms with Crippen molar-refractivity contribution in [2.75, 3.05) is 0 Å². The van der Waals surface area contributed by atoms with E-state index in [4.69, 9.17) is 18.0 Å². The van der Waals surface area contributed by atoms with Crippen LogP contribution in [0, 0.1) is 0 Å². The highest BCUT2D eigenvalue weighted by atomic mass is 32.1. The number of nitrogens with two attached hydrogens (primary N) is 1. The lowest BCUT2D eigenvalue weighted by Gasteiger charge is -1.94. The van der Waals surface area contributed by atoms with Crippen LogP contribution in [-0.4, -0.2) is 4.99 Å². The van der Waals surface area contributed by atoms with Gasteiger partial charge in [0.15, 0.2) is 0 Å². The third-order valence-corrected chi connectivity index (χ3v) is 1.45. The fourth-order valence-electron chi connectivity index (χ4n) is 0.461. The van der Waals surface area contributed by atoms with Crippen molar-refractivity contribution in [3.8, 4) is 0 Å². The largest absolute Gasteiger partial charge is 0.390 e. The Labute approximate surface area is 61.9 Å². The van der Waals surface area contributed by atoms with Gasteiger partial charge in [0.2, 0.25) is 0 Å². The van der Waals surface area contributed by atoms with Crippen LogP contribution in [0.15, 0.2) is 11.6 Å². The molecule has 0 aromatic carbocycles. The number of rotatable bonds is 3. The summed E-state index contributed by atoms with van der Waals surface area (Å²) in [6, 6.07) is 0. The Morgan fingerprint density at radius 3 is 2.56 bits per heavy atom. The zero-order chi connectivity index (χ0) is 7.28. The van der Waals surface area contributed by atoms with Crippen LogP contribution in [0.4, 0.5) is 0 Å². The van der Waals surface area contributed by atoms with E-state index >= 15 is 0 Å². The molecule has 0 aliphatic heterocycles. The maximum absolute atomic E-state index is 5.34. The van der Waals surface area contributed by atoms with E-state index in [2.05, 4.69) is 13.0 Å². The molecular formula is C7H13NS. The van der Waals surface area contributed by atoms with Gasteiger partial charge in [0.05, 0.1) is 4.99 Å². The van der Waals surface area contributed by atoms with E-state index in [1.165, 1.54) is 0 Å². The molecule has 0 atom stereocenters. The first-order chi connectivity index (χ1) is 4.18. The first kappa shape index (κ1) is 8.63. The number of hydrogen-bond donors (Lipinski definition) is 1. The molecule has 2 N–H and O–H groups in total. The van der Waals surface area contributed by atoms with Gasteiger partial charge in [-0.2, -0.15) is 0 Å². The third kappa shape index (κ3) is 4.15. The van der Waals surface area contributed by atoms with Gasteiger partial charge in [0.1, 0.15) is 0 Å². The lowest BCUT2D eigenvalue weighted by molar-refractivity contribution is 0.954. The van der Waals surface area contributed by atoms with E-state index in [9.17, 15) is 0 Å². The minimum absolute atomic E-state index is 0.517. The lowest BCUT2D eigenvalue weighted by Crippen LogP contribution is -2.08. The monoisotopic (exact) mass is 143 g/mol. The Balaban J connectivity index is 3.69. The second kappa shape index (κ2) is 4.50. The van der Waals surface area contributed by atoms with Gasteiger partial charge in [0.25, 0.3) is 0 Å². The molecule has 0 radical (unpaired) electrons. The molecule has 2 heteroatoms. The number of unbranched alkanes of at least 4 members (excludes halogenated alkanes) is 1. The van der Waals surface area contributed by atoms with E-state index < -0.39 is 0 Å². The van der Waals surface area contributed by atoms with Crippen molar-refractivity contribution in [3.63, 3.8) is 0 Å². The minimum atomic E-state index is 0.517. The number of thiocarbonyl (C=S) groups is 1. The highest BCUT2D eigenvalue weighted by Crippen LogP contribution is 1.97. The van der Waals surface area contributed by atoms with Crippen molar-refractivity contribution in [1.29, 1.82) is 0 Å². The van der Waals surface area contributed by atoms with Gasteiger partial charge >= 0.3 is 0 Å². The molecule has 0 aromatic rings. The molecule has 0 fully saturated rings. The molecule has 0 spiro atoms. The molecular weight excluding hydrogens is 130 g/mol. The van der Waals surface area contributed by atoms with Crippen molar-refractivity contribution in [1.82, 2.24) is 0 Å². The summed E-state index contributed by atoms with van der Waals surface area (Å²) in [5.41, 5.74) is 6.37. The standard InChI is InChI=1S/C7H13NS/c1-3-4-5-6(2)7(8)9/h5H,3-4H2,1-2H3,(H2,8,9)/b6-5+. The molecule has 0 saturated heterocycles. The van der Waals surface area contributed by atoms with Crippen molar-refractivity contribution in [2.24, 2.45) is 5.73 Å². The van der Waals surface area contributed by atoms with Crippen LogP contribution in [-0.2, 0) is 0 Å². The molecule has 0 aliphatic rings. The van der Waals surface area contributed by atoms with Gasteiger partial charge in [-0.25, -0.2) is 0 Å². The maximum atomic E-state index is 5.34. The topological polar surface area (TPSA) is 26.0 Å². The molecule has 0 rings (SSSR count). The van der Waals surface area contributed by atoms with Gasteiger partial charge in [-0.15, -0.1) is 0 Å². The molecule has 1 nitrogen and oxygen atoms in total. The van der Waals surface area contributed by atoms with Crippen molar-refractivity contribution in [2.45, 2.75) is 26.7 Å². The first-order valence-corrected chi connectivity index (χ1v) is 3.56. The average Bonchev–Trinajstić information content (AvgIpc) is 1.82. The van der Waals surface area contributed by atoms with Gasteiger partial charge in [-0.1, -0.05) is 31.6 Å². The summed E-state index contributed by atoms with van der Waals surface area (Å²) < 4.78 is 0. The first-order valence-electron chi connectivity index (χ1n) is 3.15. The SMILES string of the molecule is CCC/C=C(\C)C(N)=S. The van der Waals surface area contributed by atoms with Gasteiger partial charge in [-0.3, -0.25) is 0 Å². The molecule has 0 bridgehead atoms. The van der Waals surface area contributed by atoms with E-state index in [0.717, 1.165) is 18.4 Å². The molecule has 0 amide bonds. The molecule has 0 aromatic heterocycles. The molecule has 52 valence electrons. The molecule has 0 heterocycles. The normalized spacial score (nSPS) is 11.6. The Morgan fingerprint density at radius 1 is 1.67 bits per heavy atom. The van der Waals surface area contributed by atoms with Gasteiger partial charge in [0, 0.05) is 0 Å². The fourth-order valence-corrected chi connectivity index (χ4v) is 0.545. The second-order valence-corrected chi connectivity index (χ2v) is 2.48. The van der Waals surface area contributed by atoms with Crippen LogP contribution in [0.25, 0.3) is 0 Å². The van der Waals surface area contributed by atoms with Crippen LogP contribution in [0.1, 0.15) is 26.7 Å².